The average molecular weight is 960 g/mol. The second-order valence-electron chi connectivity index (χ2n) is 9.08. The van der Waals surface area contributed by atoms with E-state index in [-0.39, 0.29) is 11.6 Å². The van der Waals surface area contributed by atoms with E-state index < -0.39 is 62.3 Å². The van der Waals surface area contributed by atoms with Crippen molar-refractivity contribution in [3.8, 4) is 0 Å². The lowest BCUT2D eigenvalue weighted by molar-refractivity contribution is -0.0511. The van der Waals surface area contributed by atoms with Crippen molar-refractivity contribution in [3.63, 3.8) is 0 Å². The van der Waals surface area contributed by atoms with Crippen LogP contribution in [0, 0.1) is 3.83 Å². The third-order valence-electron chi connectivity index (χ3n) is 6.61. The number of halogens is 3. The molecule has 4 aromatic heterocycles. The Morgan fingerprint density at radius 3 is 1.63 bits per heavy atom. The van der Waals surface area contributed by atoms with Crippen molar-refractivity contribution in [2.24, 2.45) is 0 Å². The van der Waals surface area contributed by atoms with Crippen molar-refractivity contribution in [1.29, 1.82) is 0 Å². The van der Waals surface area contributed by atoms with Gasteiger partial charge in [-0.1, -0.05) is 11.8 Å². The van der Waals surface area contributed by atoms with E-state index in [2.05, 4.69) is 67.1 Å². The monoisotopic (exact) mass is 960 g/mol. The summed E-state index contributed by atoms with van der Waals surface area (Å²) in [5.41, 5.74) is 13.2. The molecule has 2 fully saturated rings. The summed E-state index contributed by atoms with van der Waals surface area (Å²) in [6.45, 7) is -0.787. The molecule has 0 aromatic carbocycles. The van der Waals surface area contributed by atoms with E-state index in [0.29, 0.717) is 31.3 Å². The first kappa shape index (κ1) is 34.8. The maximum Gasteiger partial charge on any atom is 0.194 e. The van der Waals surface area contributed by atoms with Crippen molar-refractivity contribution in [2.45, 2.75) is 54.2 Å². The van der Waals surface area contributed by atoms with Crippen LogP contribution in [0.15, 0.2) is 17.8 Å². The standard InChI is InChI=1S/C11H15N5O4S.C10H12IN5O4.I2/c1-21-11-14-8(12)5-9(15-11)16(3-13-5)10-7(19)6(18)4(2-17)20-10;11-10-14-7(12)4-8(15-10)16(2-13-4)9-6(19)5(18)3(1-17)20-9;1-2/h3-4,6-7,10,17-19H,2H2,1H3,(H2,12,14,15);2-3,5-6,9,17-19H,1H2,(H2,12,14,15);. The zero-order valence-electron chi connectivity index (χ0n) is 22.0. The Balaban J connectivity index is 0.000000186. The van der Waals surface area contributed by atoms with E-state index in [1.165, 1.54) is 33.6 Å². The molecule has 22 heteroatoms. The normalized spacial score (nSPS) is 28.5. The summed E-state index contributed by atoms with van der Waals surface area (Å²) in [7, 11) is 0. The molecule has 0 saturated carbocycles. The Hall–Kier alpha value is -1.08. The van der Waals surface area contributed by atoms with E-state index in [1.54, 1.807) is 0 Å². The lowest BCUT2D eigenvalue weighted by Gasteiger charge is -2.16. The van der Waals surface area contributed by atoms with Gasteiger partial charge in [-0.15, -0.1) is 0 Å². The third-order valence-corrected chi connectivity index (χ3v) is 7.64. The van der Waals surface area contributed by atoms with Crippen LogP contribution in [0.25, 0.3) is 22.3 Å². The Bertz CT molecular complexity index is 1550. The molecule has 0 radical (unpaired) electrons. The van der Waals surface area contributed by atoms with E-state index in [4.69, 9.17) is 31.2 Å². The largest absolute Gasteiger partial charge is 0.394 e. The molecule has 0 aliphatic carbocycles. The van der Waals surface area contributed by atoms with Gasteiger partial charge in [-0.2, -0.15) is 0 Å². The minimum atomic E-state index is -1.20. The number of hydrogen-bond acceptors (Lipinski definition) is 17. The highest BCUT2D eigenvalue weighted by Crippen LogP contribution is 2.33. The van der Waals surface area contributed by atoms with Crippen LogP contribution in [0.2, 0.25) is 0 Å². The number of anilines is 2. The second kappa shape index (κ2) is 15.0. The summed E-state index contributed by atoms with van der Waals surface area (Å²) < 4.78 is 14.3. The number of aliphatic hydroxyl groups excluding tert-OH is 6. The summed E-state index contributed by atoms with van der Waals surface area (Å²) in [6, 6.07) is 0. The number of aromatic nitrogens is 8. The Labute approximate surface area is 284 Å². The predicted octanol–water partition coefficient (Wildman–Crippen LogP) is -0.862. The van der Waals surface area contributed by atoms with Gasteiger partial charge < -0.3 is 51.6 Å². The quantitative estimate of drug-likeness (QED) is 0.0687. The Morgan fingerprint density at radius 1 is 0.767 bits per heavy atom. The van der Waals surface area contributed by atoms with Gasteiger partial charge in [0.1, 0.15) is 47.7 Å². The summed E-state index contributed by atoms with van der Waals surface area (Å²) in [5, 5.41) is 58.4. The number of hydrogen-bond donors (Lipinski definition) is 8. The minimum Gasteiger partial charge on any atom is -0.394 e. The Morgan fingerprint density at radius 2 is 1.21 bits per heavy atom. The summed E-state index contributed by atoms with van der Waals surface area (Å²) >= 11 is 7.48. The van der Waals surface area contributed by atoms with Crippen LogP contribution in [-0.2, 0) is 9.47 Å². The maximum absolute atomic E-state index is 10.1. The fraction of sp³-hybridized carbons (Fsp3) is 0.524. The number of nitrogens with two attached hydrogens (primary N) is 2. The fourth-order valence-electron chi connectivity index (χ4n) is 4.51. The van der Waals surface area contributed by atoms with Gasteiger partial charge in [-0.3, -0.25) is 9.13 Å². The van der Waals surface area contributed by atoms with Gasteiger partial charge in [0.2, 0.25) is 0 Å². The van der Waals surface area contributed by atoms with Gasteiger partial charge in [-0.05, 0) is 6.26 Å². The predicted molar refractivity (Wildman–Crippen MR) is 178 cm³/mol. The molecule has 43 heavy (non-hydrogen) atoms. The molecule has 6 rings (SSSR count). The van der Waals surface area contributed by atoms with Gasteiger partial charge in [0.15, 0.2) is 44.4 Å². The number of aliphatic hydroxyl groups is 6. The van der Waals surface area contributed by atoms with Gasteiger partial charge in [0.25, 0.3) is 0 Å². The highest BCUT2D eigenvalue weighted by atomic mass is 128. The highest BCUT2D eigenvalue weighted by molar-refractivity contribution is 15.0. The lowest BCUT2D eigenvalue weighted by Crippen LogP contribution is -2.33. The Kier molecular flexibility index (Phi) is 12.1. The number of imidazole rings is 2. The molecule has 10 N–H and O–H groups in total. The summed E-state index contributed by atoms with van der Waals surface area (Å²) in [5.74, 6) is 0.458. The number of ether oxygens (including phenoxy) is 2. The highest BCUT2D eigenvalue weighted by Gasteiger charge is 2.45. The van der Waals surface area contributed by atoms with Crippen molar-refractivity contribution < 1.29 is 40.1 Å². The summed E-state index contributed by atoms with van der Waals surface area (Å²) in [6.07, 6.45) is -3.62. The topological polar surface area (TPSA) is 279 Å². The molecule has 4 aromatic rings. The molecule has 2 aliphatic heterocycles. The summed E-state index contributed by atoms with van der Waals surface area (Å²) in [4.78, 5) is 24.8. The van der Waals surface area contributed by atoms with Gasteiger partial charge in [0, 0.05) is 59.8 Å². The number of rotatable bonds is 5. The van der Waals surface area contributed by atoms with Crippen LogP contribution in [0.1, 0.15) is 12.5 Å². The first-order valence-electron chi connectivity index (χ1n) is 12.2. The van der Waals surface area contributed by atoms with Crippen LogP contribution in [-0.4, -0.2) is 126 Å². The van der Waals surface area contributed by atoms with Gasteiger partial charge in [0.05, 0.1) is 25.9 Å². The molecule has 0 bridgehead atoms. The zero-order chi connectivity index (χ0) is 31.6. The maximum atomic E-state index is 10.1. The SMILES string of the molecule is CSc1nc(N)c2ncn(C3OC(CO)C(O)C3O)c2n1.II.Nc1nc(I)nc2c1ncn2C1OC(CO)C(O)C1O. The second-order valence-corrected chi connectivity index (χ2v) is 10.8. The molecule has 2 saturated heterocycles. The van der Waals surface area contributed by atoms with Crippen LogP contribution < -0.4 is 11.5 Å². The number of thioether (sulfide) groups is 1. The molecule has 2 aliphatic rings. The van der Waals surface area contributed by atoms with Crippen LogP contribution >= 0.6 is 71.6 Å². The smallest absolute Gasteiger partial charge is 0.194 e. The van der Waals surface area contributed by atoms with Crippen molar-refractivity contribution >= 4 is 106 Å². The first-order valence-corrected chi connectivity index (χ1v) is 20.8. The molecular weight excluding hydrogens is 933 g/mol. The van der Waals surface area contributed by atoms with Crippen LogP contribution in [0.3, 0.4) is 0 Å². The molecular formula is C21H27I3N10O8S. The average Bonchev–Trinajstić information content (AvgIpc) is 3.75. The minimum absolute atomic E-state index is 0.227. The van der Waals surface area contributed by atoms with Crippen molar-refractivity contribution in [1.82, 2.24) is 39.0 Å². The van der Waals surface area contributed by atoms with Gasteiger partial charge in [-0.25, -0.2) is 29.9 Å². The molecule has 236 valence electrons. The van der Waals surface area contributed by atoms with Crippen LogP contribution in [0.4, 0.5) is 11.6 Å². The van der Waals surface area contributed by atoms with E-state index in [1.807, 2.05) is 28.8 Å². The zero-order valence-corrected chi connectivity index (χ0v) is 29.3. The van der Waals surface area contributed by atoms with E-state index in [0.717, 1.165) is 0 Å². The third kappa shape index (κ3) is 6.88. The van der Waals surface area contributed by atoms with Gasteiger partial charge >= 0.3 is 0 Å². The van der Waals surface area contributed by atoms with E-state index in [9.17, 15) is 20.4 Å². The van der Waals surface area contributed by atoms with E-state index >= 15 is 0 Å². The molecule has 6 heterocycles. The molecule has 8 atom stereocenters. The number of nitrogens with zero attached hydrogens (tertiary/aromatic N) is 8. The molecule has 0 spiro atoms. The molecule has 18 nitrogen and oxygen atoms in total. The number of nitrogen functional groups attached to an aromatic ring is 2. The molecule has 0 amide bonds. The van der Waals surface area contributed by atoms with Crippen molar-refractivity contribution in [3.05, 3.63) is 16.5 Å². The first-order chi connectivity index (χ1) is 20.6. The molecule has 8 unspecified atom stereocenters. The van der Waals surface area contributed by atoms with Crippen molar-refractivity contribution in [2.75, 3.05) is 30.9 Å². The lowest BCUT2D eigenvalue weighted by atomic mass is 10.1. The fourth-order valence-corrected chi connectivity index (χ4v) is 5.37. The van der Waals surface area contributed by atoms with Crippen LogP contribution in [0.5, 0.6) is 0 Å². The number of fused-ring (bicyclic) bond motifs is 2.